The number of carbonyl (C=O) groups excluding carboxylic acids is 1. The van der Waals surface area contributed by atoms with Crippen molar-refractivity contribution in [3.05, 3.63) is 29.8 Å². The Labute approximate surface area is 127 Å². The van der Waals surface area contributed by atoms with Crippen LogP contribution in [-0.4, -0.2) is 13.0 Å². The summed E-state index contributed by atoms with van der Waals surface area (Å²) in [6, 6.07) is 8.22. The number of primary amides is 1. The standard InChI is InChI=1S/C18H27NO2/c1-12(2)15-9-10-18(3,11-16(15)17(19)20)13-5-7-14(21-4)8-6-13/h5-8,12,15-16H,9-11H2,1-4H3,(H2,19,20). The summed E-state index contributed by atoms with van der Waals surface area (Å²) in [6.45, 7) is 6.63. The molecule has 0 spiro atoms. The van der Waals surface area contributed by atoms with Gasteiger partial charge in [0.2, 0.25) is 5.91 Å². The first kappa shape index (κ1) is 15.9. The van der Waals surface area contributed by atoms with E-state index in [1.54, 1.807) is 7.11 Å². The van der Waals surface area contributed by atoms with E-state index in [0.717, 1.165) is 25.0 Å². The van der Waals surface area contributed by atoms with Gasteiger partial charge >= 0.3 is 0 Å². The second kappa shape index (κ2) is 6.08. The summed E-state index contributed by atoms with van der Waals surface area (Å²) >= 11 is 0. The van der Waals surface area contributed by atoms with E-state index in [1.807, 2.05) is 12.1 Å². The molecule has 0 radical (unpaired) electrons. The summed E-state index contributed by atoms with van der Waals surface area (Å²) in [5.74, 6) is 1.61. The summed E-state index contributed by atoms with van der Waals surface area (Å²) < 4.78 is 5.22. The SMILES string of the molecule is COc1ccc(C2(C)CCC(C(C)C)C(C(N)=O)C2)cc1. The number of nitrogens with two attached hydrogens (primary N) is 1. The lowest BCUT2D eigenvalue weighted by Gasteiger charge is -2.43. The van der Waals surface area contributed by atoms with E-state index in [2.05, 4.69) is 32.9 Å². The fraction of sp³-hybridized carbons (Fsp3) is 0.611. The van der Waals surface area contributed by atoms with Gasteiger partial charge in [-0.15, -0.1) is 0 Å². The van der Waals surface area contributed by atoms with Gasteiger partial charge in [0, 0.05) is 5.92 Å². The minimum atomic E-state index is -0.145. The predicted octanol–water partition coefficient (Wildman–Crippen LogP) is 3.51. The zero-order chi connectivity index (χ0) is 15.6. The van der Waals surface area contributed by atoms with Crippen LogP contribution in [0.1, 0.15) is 45.6 Å². The molecule has 0 bridgehead atoms. The third-order valence-corrected chi connectivity index (χ3v) is 5.23. The highest BCUT2D eigenvalue weighted by atomic mass is 16.5. The number of benzene rings is 1. The number of ether oxygens (including phenoxy) is 1. The summed E-state index contributed by atoms with van der Waals surface area (Å²) in [5, 5.41) is 0. The predicted molar refractivity (Wildman–Crippen MR) is 85.2 cm³/mol. The molecule has 1 fully saturated rings. The lowest BCUT2D eigenvalue weighted by atomic mass is 9.61. The first-order chi connectivity index (χ1) is 9.87. The van der Waals surface area contributed by atoms with Gasteiger partial charge in [-0.1, -0.05) is 32.9 Å². The van der Waals surface area contributed by atoms with Crippen molar-refractivity contribution in [3.8, 4) is 5.75 Å². The summed E-state index contributed by atoms with van der Waals surface area (Å²) in [5.41, 5.74) is 6.98. The Morgan fingerprint density at radius 2 is 1.95 bits per heavy atom. The van der Waals surface area contributed by atoms with E-state index in [-0.39, 0.29) is 17.2 Å². The molecule has 0 aromatic heterocycles. The van der Waals surface area contributed by atoms with Crippen molar-refractivity contribution >= 4 is 5.91 Å². The Hall–Kier alpha value is -1.51. The van der Waals surface area contributed by atoms with Gasteiger partial charge < -0.3 is 10.5 Å². The van der Waals surface area contributed by atoms with Crippen LogP contribution < -0.4 is 10.5 Å². The fourth-order valence-corrected chi connectivity index (χ4v) is 3.79. The smallest absolute Gasteiger partial charge is 0.220 e. The molecule has 3 atom stereocenters. The van der Waals surface area contributed by atoms with Gasteiger partial charge in [0.25, 0.3) is 0 Å². The minimum Gasteiger partial charge on any atom is -0.497 e. The van der Waals surface area contributed by atoms with Crippen molar-refractivity contribution in [1.82, 2.24) is 0 Å². The van der Waals surface area contributed by atoms with Crippen LogP contribution in [0.5, 0.6) is 5.75 Å². The average Bonchev–Trinajstić information content (AvgIpc) is 2.47. The number of hydrogen-bond donors (Lipinski definition) is 1. The van der Waals surface area contributed by atoms with Gasteiger partial charge in [-0.2, -0.15) is 0 Å². The van der Waals surface area contributed by atoms with Crippen LogP contribution in [0.2, 0.25) is 0 Å². The molecule has 1 aromatic rings. The lowest BCUT2D eigenvalue weighted by Crippen LogP contribution is -2.42. The number of amides is 1. The number of rotatable bonds is 4. The van der Waals surface area contributed by atoms with Gasteiger partial charge in [-0.05, 0) is 54.2 Å². The van der Waals surface area contributed by atoms with E-state index in [4.69, 9.17) is 10.5 Å². The van der Waals surface area contributed by atoms with Gasteiger partial charge in [0.05, 0.1) is 7.11 Å². The molecule has 1 saturated carbocycles. The fourth-order valence-electron chi connectivity index (χ4n) is 3.79. The van der Waals surface area contributed by atoms with Crippen LogP contribution in [0.4, 0.5) is 0 Å². The molecule has 2 rings (SSSR count). The molecule has 1 aliphatic carbocycles. The first-order valence-corrected chi connectivity index (χ1v) is 7.81. The van der Waals surface area contributed by atoms with E-state index in [1.165, 1.54) is 5.56 Å². The average molecular weight is 289 g/mol. The summed E-state index contributed by atoms with van der Waals surface area (Å²) in [4.78, 5) is 11.9. The van der Waals surface area contributed by atoms with Crippen molar-refractivity contribution in [3.63, 3.8) is 0 Å². The molecule has 3 nitrogen and oxygen atoms in total. The normalized spacial score (nSPS) is 29.4. The monoisotopic (exact) mass is 289 g/mol. The molecule has 0 aliphatic heterocycles. The third-order valence-electron chi connectivity index (χ3n) is 5.23. The molecule has 2 N–H and O–H groups in total. The van der Waals surface area contributed by atoms with Gasteiger partial charge in [0.1, 0.15) is 5.75 Å². The van der Waals surface area contributed by atoms with E-state index >= 15 is 0 Å². The van der Waals surface area contributed by atoms with E-state index < -0.39 is 0 Å². The van der Waals surface area contributed by atoms with Crippen LogP contribution in [0, 0.1) is 17.8 Å². The molecule has 3 heteroatoms. The molecule has 0 saturated heterocycles. The molecule has 21 heavy (non-hydrogen) atoms. The topological polar surface area (TPSA) is 52.3 Å². The molecule has 116 valence electrons. The Balaban J connectivity index is 2.24. The first-order valence-electron chi connectivity index (χ1n) is 7.81. The zero-order valence-electron chi connectivity index (χ0n) is 13.6. The van der Waals surface area contributed by atoms with Crippen LogP contribution in [0.3, 0.4) is 0 Å². The van der Waals surface area contributed by atoms with Crippen molar-refractivity contribution in [2.24, 2.45) is 23.5 Å². The van der Waals surface area contributed by atoms with Crippen LogP contribution in [0.25, 0.3) is 0 Å². The van der Waals surface area contributed by atoms with Crippen LogP contribution >= 0.6 is 0 Å². The lowest BCUT2D eigenvalue weighted by molar-refractivity contribution is -0.126. The largest absolute Gasteiger partial charge is 0.497 e. The van der Waals surface area contributed by atoms with Gasteiger partial charge in [0.15, 0.2) is 0 Å². The summed E-state index contributed by atoms with van der Waals surface area (Å²) in [7, 11) is 1.67. The van der Waals surface area contributed by atoms with Gasteiger partial charge in [-0.25, -0.2) is 0 Å². The second-order valence-corrected chi connectivity index (χ2v) is 6.95. The van der Waals surface area contributed by atoms with Crippen LogP contribution in [-0.2, 0) is 10.2 Å². The maximum atomic E-state index is 11.9. The Bertz CT molecular complexity index is 494. The van der Waals surface area contributed by atoms with Crippen LogP contribution in [0.15, 0.2) is 24.3 Å². The van der Waals surface area contributed by atoms with Crippen molar-refractivity contribution in [2.75, 3.05) is 7.11 Å². The highest BCUT2D eigenvalue weighted by Crippen LogP contribution is 2.46. The molecule has 1 aromatic carbocycles. The minimum absolute atomic E-state index is 0.0224. The van der Waals surface area contributed by atoms with Crippen molar-refractivity contribution in [1.29, 1.82) is 0 Å². The maximum Gasteiger partial charge on any atom is 0.220 e. The molecule has 3 unspecified atom stereocenters. The third kappa shape index (κ3) is 3.22. The second-order valence-electron chi connectivity index (χ2n) is 6.95. The highest BCUT2D eigenvalue weighted by molar-refractivity contribution is 5.77. The number of methoxy groups -OCH3 is 1. The maximum absolute atomic E-state index is 11.9. The Morgan fingerprint density at radius 3 is 2.43 bits per heavy atom. The molecular weight excluding hydrogens is 262 g/mol. The quantitative estimate of drug-likeness (QED) is 0.922. The van der Waals surface area contributed by atoms with Crippen molar-refractivity contribution in [2.45, 2.75) is 45.4 Å². The Kier molecular flexibility index (Phi) is 4.60. The highest BCUT2D eigenvalue weighted by Gasteiger charge is 2.42. The van der Waals surface area contributed by atoms with E-state index in [0.29, 0.717) is 11.8 Å². The molecule has 1 aliphatic rings. The molecule has 0 heterocycles. The van der Waals surface area contributed by atoms with Crippen molar-refractivity contribution < 1.29 is 9.53 Å². The zero-order valence-corrected chi connectivity index (χ0v) is 13.6. The Morgan fingerprint density at radius 1 is 1.33 bits per heavy atom. The molecular formula is C18H27NO2. The number of hydrogen-bond acceptors (Lipinski definition) is 2. The van der Waals surface area contributed by atoms with E-state index in [9.17, 15) is 4.79 Å². The molecule has 1 amide bonds. The van der Waals surface area contributed by atoms with Gasteiger partial charge in [-0.3, -0.25) is 4.79 Å². The summed E-state index contributed by atoms with van der Waals surface area (Å²) in [6.07, 6.45) is 3.01. The number of carbonyl (C=O) groups is 1.